The molecule has 5 heteroatoms. The lowest BCUT2D eigenvalue weighted by atomic mass is 9.99. The van der Waals surface area contributed by atoms with Gasteiger partial charge in [0.15, 0.2) is 0 Å². The highest BCUT2D eigenvalue weighted by Gasteiger charge is 2.15. The predicted molar refractivity (Wildman–Crippen MR) is 73.2 cm³/mol. The van der Waals surface area contributed by atoms with Gasteiger partial charge in [-0.2, -0.15) is 0 Å². The Morgan fingerprint density at radius 2 is 1.60 bits per heavy atom. The summed E-state index contributed by atoms with van der Waals surface area (Å²) in [6.45, 7) is 0. The average Bonchev–Trinajstić information content (AvgIpc) is 2.37. The SMILES string of the molecule is NC(Cc1ccc(Cl)cc1F)Cc1c(F)cccc1F. The van der Waals surface area contributed by atoms with Gasteiger partial charge >= 0.3 is 0 Å². The number of benzene rings is 2. The number of hydrogen-bond donors (Lipinski definition) is 1. The summed E-state index contributed by atoms with van der Waals surface area (Å²) in [7, 11) is 0. The van der Waals surface area contributed by atoms with Crippen LogP contribution in [0.2, 0.25) is 5.02 Å². The van der Waals surface area contributed by atoms with Crippen LogP contribution in [0.4, 0.5) is 13.2 Å². The van der Waals surface area contributed by atoms with Gasteiger partial charge in [0.2, 0.25) is 0 Å². The van der Waals surface area contributed by atoms with Gasteiger partial charge in [-0.15, -0.1) is 0 Å². The number of nitrogens with two attached hydrogens (primary N) is 1. The van der Waals surface area contributed by atoms with Crippen LogP contribution in [0.3, 0.4) is 0 Å². The van der Waals surface area contributed by atoms with Crippen molar-refractivity contribution in [2.45, 2.75) is 18.9 Å². The molecule has 0 aliphatic rings. The molecule has 0 heterocycles. The fourth-order valence-electron chi connectivity index (χ4n) is 2.03. The van der Waals surface area contributed by atoms with Crippen molar-refractivity contribution in [3.63, 3.8) is 0 Å². The van der Waals surface area contributed by atoms with Crippen molar-refractivity contribution >= 4 is 11.6 Å². The van der Waals surface area contributed by atoms with Gasteiger partial charge in [-0.3, -0.25) is 0 Å². The Morgan fingerprint density at radius 3 is 2.20 bits per heavy atom. The Morgan fingerprint density at radius 1 is 0.950 bits per heavy atom. The minimum absolute atomic E-state index is 0.000569. The molecule has 0 spiro atoms. The van der Waals surface area contributed by atoms with E-state index in [1.54, 1.807) is 6.07 Å². The molecule has 1 nitrogen and oxygen atoms in total. The van der Waals surface area contributed by atoms with Crippen LogP contribution in [0.25, 0.3) is 0 Å². The molecule has 2 aromatic carbocycles. The van der Waals surface area contributed by atoms with Crippen LogP contribution in [0.5, 0.6) is 0 Å². The summed E-state index contributed by atoms with van der Waals surface area (Å²) in [6.07, 6.45) is 0.178. The van der Waals surface area contributed by atoms with E-state index in [-0.39, 0.29) is 18.4 Å². The van der Waals surface area contributed by atoms with Crippen LogP contribution in [-0.2, 0) is 12.8 Å². The second-order valence-electron chi connectivity index (χ2n) is 4.60. The Kier molecular flexibility index (Phi) is 4.68. The number of rotatable bonds is 4. The first-order chi connectivity index (χ1) is 9.47. The fourth-order valence-corrected chi connectivity index (χ4v) is 2.19. The monoisotopic (exact) mass is 299 g/mol. The van der Waals surface area contributed by atoms with Crippen LogP contribution >= 0.6 is 11.6 Å². The molecule has 2 aromatic rings. The van der Waals surface area contributed by atoms with Crippen LogP contribution in [-0.4, -0.2) is 6.04 Å². The van der Waals surface area contributed by atoms with E-state index in [1.807, 2.05) is 0 Å². The topological polar surface area (TPSA) is 26.0 Å². The summed E-state index contributed by atoms with van der Waals surface area (Å²) < 4.78 is 40.6. The summed E-state index contributed by atoms with van der Waals surface area (Å²) in [4.78, 5) is 0. The lowest BCUT2D eigenvalue weighted by molar-refractivity contribution is 0.528. The van der Waals surface area contributed by atoms with E-state index in [1.165, 1.54) is 30.3 Å². The first kappa shape index (κ1) is 14.9. The van der Waals surface area contributed by atoms with Crippen molar-refractivity contribution in [1.82, 2.24) is 0 Å². The molecule has 0 bridgehead atoms. The molecule has 0 saturated heterocycles. The highest BCUT2D eigenvalue weighted by molar-refractivity contribution is 6.30. The van der Waals surface area contributed by atoms with E-state index in [0.717, 1.165) is 0 Å². The highest BCUT2D eigenvalue weighted by atomic mass is 35.5. The molecule has 0 amide bonds. The molecule has 0 radical (unpaired) electrons. The Bertz CT molecular complexity index is 596. The first-order valence-electron chi connectivity index (χ1n) is 6.09. The van der Waals surface area contributed by atoms with Crippen molar-refractivity contribution in [3.8, 4) is 0 Å². The molecule has 0 fully saturated rings. The predicted octanol–water partition coefficient (Wildman–Crippen LogP) is 3.87. The summed E-state index contributed by atoms with van der Waals surface area (Å²) >= 11 is 5.65. The Hall–Kier alpha value is -1.52. The summed E-state index contributed by atoms with van der Waals surface area (Å²) in [5.74, 6) is -1.75. The fraction of sp³-hybridized carbons (Fsp3) is 0.200. The van der Waals surface area contributed by atoms with E-state index in [2.05, 4.69) is 0 Å². The molecule has 2 rings (SSSR count). The number of halogens is 4. The Labute approximate surface area is 120 Å². The third-order valence-electron chi connectivity index (χ3n) is 3.03. The molecule has 1 unspecified atom stereocenters. The largest absolute Gasteiger partial charge is 0.327 e. The average molecular weight is 300 g/mol. The third kappa shape index (κ3) is 3.52. The lowest BCUT2D eigenvalue weighted by Crippen LogP contribution is -2.27. The zero-order valence-electron chi connectivity index (χ0n) is 10.5. The maximum absolute atomic E-state index is 13.6. The lowest BCUT2D eigenvalue weighted by Gasteiger charge is -2.13. The van der Waals surface area contributed by atoms with Crippen molar-refractivity contribution in [1.29, 1.82) is 0 Å². The maximum atomic E-state index is 13.6. The van der Waals surface area contributed by atoms with Gasteiger partial charge in [-0.05, 0) is 42.7 Å². The molecule has 0 aliphatic carbocycles. The molecule has 106 valence electrons. The first-order valence-corrected chi connectivity index (χ1v) is 6.47. The molecule has 0 saturated carbocycles. The Balaban J connectivity index is 2.11. The smallest absolute Gasteiger partial charge is 0.129 e. The maximum Gasteiger partial charge on any atom is 0.129 e. The number of hydrogen-bond acceptors (Lipinski definition) is 1. The zero-order valence-corrected chi connectivity index (χ0v) is 11.3. The normalized spacial score (nSPS) is 12.4. The molecule has 0 aliphatic heterocycles. The highest BCUT2D eigenvalue weighted by Crippen LogP contribution is 2.18. The van der Waals surface area contributed by atoms with Gasteiger partial charge in [0.25, 0.3) is 0 Å². The van der Waals surface area contributed by atoms with E-state index in [0.29, 0.717) is 10.6 Å². The van der Waals surface area contributed by atoms with Gasteiger partial charge in [-0.1, -0.05) is 23.7 Å². The summed E-state index contributed by atoms with van der Waals surface area (Å²) in [6, 6.07) is 7.32. The molecule has 20 heavy (non-hydrogen) atoms. The van der Waals surface area contributed by atoms with Gasteiger partial charge < -0.3 is 5.73 Å². The van der Waals surface area contributed by atoms with E-state index >= 15 is 0 Å². The van der Waals surface area contributed by atoms with E-state index < -0.39 is 23.5 Å². The minimum atomic E-state index is -0.642. The van der Waals surface area contributed by atoms with Crippen molar-refractivity contribution < 1.29 is 13.2 Å². The van der Waals surface area contributed by atoms with Crippen LogP contribution in [0.15, 0.2) is 36.4 Å². The van der Waals surface area contributed by atoms with E-state index in [9.17, 15) is 13.2 Å². The third-order valence-corrected chi connectivity index (χ3v) is 3.26. The van der Waals surface area contributed by atoms with Crippen molar-refractivity contribution in [3.05, 3.63) is 70.0 Å². The zero-order chi connectivity index (χ0) is 14.7. The van der Waals surface area contributed by atoms with Gasteiger partial charge in [0, 0.05) is 16.6 Å². The van der Waals surface area contributed by atoms with Gasteiger partial charge in [0.1, 0.15) is 17.5 Å². The summed E-state index contributed by atoms with van der Waals surface area (Å²) in [5, 5.41) is 0.292. The van der Waals surface area contributed by atoms with Crippen LogP contribution in [0, 0.1) is 17.5 Å². The molecule has 2 N–H and O–H groups in total. The van der Waals surface area contributed by atoms with Gasteiger partial charge in [-0.25, -0.2) is 13.2 Å². The summed E-state index contributed by atoms with van der Waals surface area (Å²) in [5.41, 5.74) is 6.15. The molecule has 0 aromatic heterocycles. The van der Waals surface area contributed by atoms with Crippen LogP contribution in [0.1, 0.15) is 11.1 Å². The quantitative estimate of drug-likeness (QED) is 0.911. The molecular formula is C15H13ClF3N. The van der Waals surface area contributed by atoms with Crippen molar-refractivity contribution in [2.75, 3.05) is 0 Å². The second-order valence-corrected chi connectivity index (χ2v) is 5.04. The van der Waals surface area contributed by atoms with Gasteiger partial charge in [0.05, 0.1) is 0 Å². The van der Waals surface area contributed by atoms with Crippen molar-refractivity contribution in [2.24, 2.45) is 5.73 Å². The standard InChI is InChI=1S/C15H13ClF3N/c16-10-5-4-9(15(19)7-10)6-11(20)8-12-13(17)2-1-3-14(12)18/h1-5,7,11H,6,8,20H2. The van der Waals surface area contributed by atoms with E-state index in [4.69, 9.17) is 17.3 Å². The van der Waals surface area contributed by atoms with Crippen LogP contribution < -0.4 is 5.73 Å². The molecule has 1 atom stereocenters. The molecular weight excluding hydrogens is 287 g/mol. The second kappa shape index (κ2) is 6.29. The minimum Gasteiger partial charge on any atom is -0.327 e.